The van der Waals surface area contributed by atoms with E-state index in [9.17, 15) is 20.4 Å². The average molecular weight is 1160 g/mol. The minimum Gasteiger partial charge on any atom is -0.390 e. The monoisotopic (exact) mass is 1160 g/mol. The largest absolute Gasteiger partial charge is 0.390 e. The van der Waals surface area contributed by atoms with Crippen molar-refractivity contribution in [3.8, 4) is 0 Å². The van der Waals surface area contributed by atoms with Crippen molar-refractivity contribution in [1.29, 1.82) is 0 Å². The summed E-state index contributed by atoms with van der Waals surface area (Å²) in [5.41, 5.74) is 3.10. The molecule has 16 atom stereocenters. The molecule has 12 aliphatic rings. The lowest BCUT2D eigenvalue weighted by Crippen LogP contribution is -2.66. The van der Waals surface area contributed by atoms with Crippen molar-refractivity contribution in [3.63, 3.8) is 0 Å². The highest BCUT2D eigenvalue weighted by molar-refractivity contribution is 6.11. The molecule has 8 fully saturated rings. The summed E-state index contributed by atoms with van der Waals surface area (Å²) >= 11 is 0. The van der Waals surface area contributed by atoms with E-state index in [0.717, 1.165) is 159 Å². The Balaban J connectivity index is 0.805. The van der Waals surface area contributed by atoms with Crippen LogP contribution in [0.15, 0.2) is 110 Å². The van der Waals surface area contributed by atoms with Crippen molar-refractivity contribution in [1.82, 2.24) is 39.5 Å². The van der Waals surface area contributed by atoms with Gasteiger partial charge in [-0.25, -0.2) is 0 Å². The Morgan fingerprint density at radius 2 is 0.953 bits per heavy atom. The second kappa shape index (κ2) is 20.7. The number of ether oxygens (including phenoxy) is 2. The molecular weight excluding hydrogens is 1070 g/mol. The number of aliphatic hydroxyl groups is 4. The fraction of sp³-hybridized carbons (Fsp3) is 0.583. The molecule has 0 amide bonds. The molecular formula is C72H88N8O6. The second-order valence-corrected chi connectivity index (χ2v) is 28.9. The van der Waals surface area contributed by atoms with Crippen LogP contribution in [0.25, 0.3) is 54.8 Å². The molecule has 2 aliphatic carbocycles. The van der Waals surface area contributed by atoms with Gasteiger partial charge in [-0.3, -0.25) is 19.8 Å². The van der Waals surface area contributed by atoms with Crippen LogP contribution in [0.3, 0.4) is 0 Å². The van der Waals surface area contributed by atoms with Crippen molar-refractivity contribution in [2.45, 2.75) is 188 Å². The lowest BCUT2D eigenvalue weighted by atomic mass is 9.54. The fourth-order valence-electron chi connectivity index (χ4n) is 21.1. The summed E-state index contributed by atoms with van der Waals surface area (Å²) in [5, 5.41) is 59.7. The van der Waals surface area contributed by atoms with Gasteiger partial charge in [-0.1, -0.05) is 60.7 Å². The van der Waals surface area contributed by atoms with Gasteiger partial charge in [-0.2, -0.15) is 0 Å². The molecule has 10 bridgehead atoms. The van der Waals surface area contributed by atoms with Gasteiger partial charge in [0.05, 0.1) is 70.1 Å². The van der Waals surface area contributed by atoms with E-state index in [0.29, 0.717) is 77.3 Å². The number of pyridine rings is 2. The van der Waals surface area contributed by atoms with Crippen LogP contribution in [0, 0.1) is 22.7 Å². The molecule has 10 aliphatic heterocycles. The zero-order valence-corrected chi connectivity index (χ0v) is 50.1. The van der Waals surface area contributed by atoms with Gasteiger partial charge >= 0.3 is 0 Å². The first-order valence-electron chi connectivity index (χ1n) is 33.6. The Morgan fingerprint density at radius 3 is 1.50 bits per heavy atom. The van der Waals surface area contributed by atoms with Crippen LogP contribution >= 0.6 is 0 Å². The van der Waals surface area contributed by atoms with Gasteiger partial charge < -0.3 is 49.7 Å². The Bertz CT molecular complexity index is 3740. The summed E-state index contributed by atoms with van der Waals surface area (Å²) in [7, 11) is 0. The Hall–Kier alpha value is -5.10. The van der Waals surface area contributed by atoms with Crippen LogP contribution < -0.4 is 0 Å². The molecule has 0 saturated carbocycles. The molecule has 14 heteroatoms. The van der Waals surface area contributed by atoms with E-state index in [1.54, 1.807) is 0 Å². The molecule has 18 rings (SSSR count). The van der Waals surface area contributed by atoms with Crippen LogP contribution in [0.1, 0.15) is 140 Å². The molecule has 14 nitrogen and oxygen atoms in total. The number of nitrogens with one attached hydrogen (secondary N) is 2. The average Bonchev–Trinajstić information content (AvgIpc) is 1.50. The first-order chi connectivity index (χ1) is 42.0. The summed E-state index contributed by atoms with van der Waals surface area (Å²) in [4.78, 5) is 28.9. The molecule has 4 spiro atoms. The van der Waals surface area contributed by atoms with Crippen LogP contribution in [0.2, 0.25) is 0 Å². The third-order valence-corrected chi connectivity index (χ3v) is 24.3. The molecule has 6 aromatic rings. The number of benzene rings is 2. The minimum absolute atomic E-state index is 0.0576. The van der Waals surface area contributed by atoms with E-state index in [1.165, 1.54) is 10.8 Å². The van der Waals surface area contributed by atoms with Crippen LogP contribution in [-0.2, 0) is 9.47 Å². The number of fused-ring (bicyclic) bond motifs is 11. The molecule has 4 aromatic heterocycles. The normalized spacial score (nSPS) is 42.0. The van der Waals surface area contributed by atoms with Crippen LogP contribution in [0.5, 0.6) is 0 Å². The van der Waals surface area contributed by atoms with Crippen molar-refractivity contribution >= 4 is 54.8 Å². The molecule has 8 saturated heterocycles. The van der Waals surface area contributed by atoms with Gasteiger partial charge in [0, 0.05) is 82.0 Å². The zero-order valence-electron chi connectivity index (χ0n) is 50.1. The van der Waals surface area contributed by atoms with Gasteiger partial charge in [0.1, 0.15) is 11.4 Å². The predicted molar refractivity (Wildman–Crippen MR) is 337 cm³/mol. The first-order valence-corrected chi connectivity index (χ1v) is 33.6. The molecule has 14 heterocycles. The smallest absolute Gasteiger partial charge is 0.123 e. The van der Waals surface area contributed by atoms with E-state index < -0.39 is 57.9 Å². The van der Waals surface area contributed by atoms with Gasteiger partial charge in [-0.15, -0.1) is 0 Å². The number of aromatic nitrogens is 4. The van der Waals surface area contributed by atoms with E-state index in [2.05, 4.69) is 127 Å². The number of hydrogen-bond acceptors (Lipinski definition) is 12. The van der Waals surface area contributed by atoms with E-state index in [4.69, 9.17) is 19.4 Å². The Morgan fingerprint density at radius 1 is 0.477 bits per heavy atom. The molecule has 86 heavy (non-hydrogen) atoms. The highest BCUT2D eigenvalue weighted by Gasteiger charge is 2.74. The third kappa shape index (κ3) is 8.39. The number of para-hydroxylation sites is 2. The highest BCUT2D eigenvalue weighted by Crippen LogP contribution is 2.68. The van der Waals surface area contributed by atoms with E-state index in [-0.39, 0.29) is 23.9 Å². The molecule has 6 N–H and O–H groups in total. The Labute approximate surface area is 505 Å². The number of rotatable bonds is 2. The van der Waals surface area contributed by atoms with Gasteiger partial charge in [0.25, 0.3) is 0 Å². The number of allylic oxidation sites excluding steroid dienone is 6. The van der Waals surface area contributed by atoms with Crippen LogP contribution in [0.4, 0.5) is 0 Å². The maximum atomic E-state index is 14.4. The quantitative estimate of drug-likeness (QED) is 0.0909. The topological polar surface area (TPSA) is 170 Å². The SMILES string of the molecule is O[C@@H]1CC[C@@]23C[C@]45CN6CCCC/C=C\CC[C@](O)(C=C(c7nccc8c7[nH]c7ccccc78)[C@@H]4CC6)[C@@H]5N2CC[C@@H]1O[C@@]12CC[C@@H](O3)[C@@H](O)CCN1[C@@H]1[C@]3(CN4CCCC/C=C\CC[C@]1(O)C=C(c1nccc5c1[nH]c1ccccc15)[C@@H]3CC4)C2. The highest BCUT2D eigenvalue weighted by atomic mass is 16.6. The standard InChI is InChI=1S/C72H88N8O6/c81-57-21-31-71-43-67-45-77-35-15-7-4-2-6-14-30-70(84,42-52(53(67)25-37-77)62-64-50(24-34-74-62)48-18-10-12-20-56(48)76-64)66(67)80(71)40-28-60(57)86-72-32-22-59(85-71)58(82)27-39-79(72)65-68(44-72)46-78-36-16-8-3-1-5-13-29-69(65,83)41-51(54(68)26-38-78)61-63-49(23-33-73-61)47-17-9-11-19-55(47)75-63/h1-2,5-6,9-12,17-20,23-24,33-34,41-42,53-54,57-60,65-66,75-76,81-84H,3-4,7-8,13-16,21-22,25-32,35-40,43-46H2/b5-1-,6-2-/t53-,54-,57+,58-,59+,60-,65+,66+,67-,68-,69-,70-,71+,72+/m0/s1. The number of hydrogen-bond donors (Lipinski definition) is 6. The number of aromatic amines is 2. The molecule has 452 valence electrons. The summed E-state index contributed by atoms with van der Waals surface area (Å²) in [6.07, 6.45) is 30.7. The molecule has 2 aromatic carbocycles. The van der Waals surface area contributed by atoms with Gasteiger partial charge in [0.2, 0.25) is 0 Å². The molecule has 2 unspecified atom stereocenters. The number of piperidine rings is 2. The molecule has 0 radical (unpaired) electrons. The van der Waals surface area contributed by atoms with Crippen molar-refractivity contribution < 1.29 is 29.9 Å². The number of aliphatic hydroxyl groups excluding tert-OH is 2. The first kappa shape index (κ1) is 55.0. The fourth-order valence-corrected chi connectivity index (χ4v) is 21.1. The summed E-state index contributed by atoms with van der Waals surface area (Å²) in [6.45, 7) is 6.66. The lowest BCUT2D eigenvalue weighted by molar-refractivity contribution is -0.223. The third-order valence-electron chi connectivity index (χ3n) is 24.3. The van der Waals surface area contributed by atoms with Crippen molar-refractivity contribution in [3.05, 3.63) is 121 Å². The van der Waals surface area contributed by atoms with Crippen molar-refractivity contribution in [2.75, 3.05) is 52.4 Å². The van der Waals surface area contributed by atoms with Crippen LogP contribution in [-0.4, -0.2) is 171 Å². The summed E-state index contributed by atoms with van der Waals surface area (Å²) in [5.74, 6) is 0.123. The van der Waals surface area contributed by atoms with Gasteiger partial charge in [-0.05, 0) is 214 Å². The summed E-state index contributed by atoms with van der Waals surface area (Å²) in [6, 6.07) is 20.7. The van der Waals surface area contributed by atoms with E-state index >= 15 is 0 Å². The lowest BCUT2D eigenvalue weighted by Gasteiger charge is -2.58. The number of nitrogens with zero attached hydrogens (tertiary/aromatic N) is 6. The number of H-pyrrole nitrogens is 2. The van der Waals surface area contributed by atoms with Gasteiger partial charge in [0.15, 0.2) is 0 Å². The zero-order chi connectivity index (χ0) is 57.6. The maximum Gasteiger partial charge on any atom is 0.123 e. The predicted octanol–water partition coefficient (Wildman–Crippen LogP) is 10.8. The second-order valence-electron chi connectivity index (χ2n) is 28.9. The minimum atomic E-state index is -1.28. The Kier molecular flexibility index (Phi) is 13.3. The maximum absolute atomic E-state index is 14.4. The summed E-state index contributed by atoms with van der Waals surface area (Å²) < 4.78 is 16.3. The van der Waals surface area contributed by atoms with E-state index in [1.807, 2.05) is 12.4 Å². The van der Waals surface area contributed by atoms with Crippen molar-refractivity contribution in [2.24, 2.45) is 22.7 Å².